The third-order valence-electron chi connectivity index (χ3n) is 2.13. The minimum absolute atomic E-state index is 0.0250. The van der Waals surface area contributed by atoms with E-state index in [-0.39, 0.29) is 6.04 Å². The van der Waals surface area contributed by atoms with Crippen LogP contribution in [0.5, 0.6) is 0 Å². The number of hydrogen-bond donors (Lipinski definition) is 1. The molecule has 0 aliphatic carbocycles. The summed E-state index contributed by atoms with van der Waals surface area (Å²) in [6.45, 7) is 5.33. The fourth-order valence-electron chi connectivity index (χ4n) is 1.39. The molecule has 14 heavy (non-hydrogen) atoms. The molecule has 2 N–H and O–H groups in total. The zero-order valence-electron chi connectivity index (χ0n) is 8.59. The molecule has 0 saturated heterocycles. The lowest BCUT2D eigenvalue weighted by molar-refractivity contribution is 0.133. The fraction of sp³-hybridized carbons (Fsp3) is 0.455. The highest BCUT2D eigenvalue weighted by Gasteiger charge is 2.08. The molecule has 2 nitrogen and oxygen atoms in total. The maximum absolute atomic E-state index is 5.99. The van der Waals surface area contributed by atoms with Crippen molar-refractivity contribution in [2.75, 3.05) is 13.2 Å². The Morgan fingerprint density at radius 2 is 2.21 bits per heavy atom. The van der Waals surface area contributed by atoms with Gasteiger partial charge in [-0.2, -0.15) is 0 Å². The predicted octanol–water partition coefficient (Wildman–Crippen LogP) is 2.79. The van der Waals surface area contributed by atoms with E-state index in [0.29, 0.717) is 13.2 Å². The van der Waals surface area contributed by atoms with Gasteiger partial charge >= 0.3 is 0 Å². The van der Waals surface area contributed by atoms with E-state index < -0.39 is 0 Å². The van der Waals surface area contributed by atoms with Crippen molar-refractivity contribution in [1.29, 1.82) is 0 Å². The molecule has 0 saturated carbocycles. The Kier molecular flexibility index (Phi) is 4.58. The van der Waals surface area contributed by atoms with Gasteiger partial charge in [-0.3, -0.25) is 0 Å². The zero-order valence-corrected chi connectivity index (χ0v) is 10.2. The minimum Gasteiger partial charge on any atom is -0.380 e. The molecule has 0 aromatic heterocycles. The molecule has 1 aromatic carbocycles. The van der Waals surface area contributed by atoms with E-state index >= 15 is 0 Å². The summed E-state index contributed by atoms with van der Waals surface area (Å²) in [6.07, 6.45) is 0. The molecule has 0 amide bonds. The molecule has 1 aromatic rings. The Hall–Kier alpha value is -0.380. The van der Waals surface area contributed by atoms with Crippen LogP contribution in [0.4, 0.5) is 0 Å². The zero-order chi connectivity index (χ0) is 10.6. The largest absolute Gasteiger partial charge is 0.380 e. The average molecular weight is 258 g/mol. The van der Waals surface area contributed by atoms with Crippen LogP contribution in [0.25, 0.3) is 0 Å². The first-order valence-corrected chi connectivity index (χ1v) is 5.53. The Balaban J connectivity index is 2.74. The normalized spacial score (nSPS) is 12.9. The summed E-state index contributed by atoms with van der Waals surface area (Å²) in [5.74, 6) is 0. The van der Waals surface area contributed by atoms with Crippen molar-refractivity contribution in [3.05, 3.63) is 33.8 Å². The molecule has 0 heterocycles. The lowest BCUT2D eigenvalue weighted by Crippen LogP contribution is -2.18. The number of ether oxygens (including phenoxy) is 1. The van der Waals surface area contributed by atoms with Crippen LogP contribution in [0, 0.1) is 6.92 Å². The van der Waals surface area contributed by atoms with Crippen molar-refractivity contribution >= 4 is 15.9 Å². The number of benzene rings is 1. The van der Waals surface area contributed by atoms with E-state index in [9.17, 15) is 0 Å². The van der Waals surface area contributed by atoms with Crippen LogP contribution >= 0.6 is 15.9 Å². The van der Waals surface area contributed by atoms with Crippen LogP contribution in [-0.4, -0.2) is 13.2 Å². The summed E-state index contributed by atoms with van der Waals surface area (Å²) >= 11 is 3.43. The van der Waals surface area contributed by atoms with Crippen molar-refractivity contribution in [1.82, 2.24) is 0 Å². The van der Waals surface area contributed by atoms with Crippen LogP contribution in [-0.2, 0) is 4.74 Å². The van der Waals surface area contributed by atoms with Gasteiger partial charge in [-0.25, -0.2) is 0 Å². The molecular formula is C11H16BrNO. The van der Waals surface area contributed by atoms with Crippen molar-refractivity contribution in [2.45, 2.75) is 19.9 Å². The molecule has 0 aliphatic rings. The van der Waals surface area contributed by atoms with Gasteiger partial charge in [0.2, 0.25) is 0 Å². The van der Waals surface area contributed by atoms with Gasteiger partial charge in [0.15, 0.2) is 0 Å². The van der Waals surface area contributed by atoms with E-state index in [2.05, 4.69) is 28.9 Å². The maximum Gasteiger partial charge on any atom is 0.0659 e. The predicted molar refractivity (Wildman–Crippen MR) is 62.3 cm³/mol. The molecular weight excluding hydrogens is 242 g/mol. The van der Waals surface area contributed by atoms with Crippen LogP contribution in [0.3, 0.4) is 0 Å². The van der Waals surface area contributed by atoms with E-state index in [0.717, 1.165) is 10.0 Å². The van der Waals surface area contributed by atoms with E-state index in [1.165, 1.54) is 5.56 Å². The van der Waals surface area contributed by atoms with Crippen molar-refractivity contribution < 1.29 is 4.74 Å². The monoisotopic (exact) mass is 257 g/mol. The van der Waals surface area contributed by atoms with Gasteiger partial charge in [0.25, 0.3) is 0 Å². The van der Waals surface area contributed by atoms with Crippen LogP contribution in [0.2, 0.25) is 0 Å². The van der Waals surface area contributed by atoms with Crippen molar-refractivity contribution in [2.24, 2.45) is 5.73 Å². The second-order valence-corrected chi connectivity index (χ2v) is 4.18. The molecule has 1 atom stereocenters. The van der Waals surface area contributed by atoms with Gasteiger partial charge in [0.1, 0.15) is 0 Å². The standard InChI is InChI=1S/C11H16BrNO/c1-3-14-7-11(13)10-5-4-9(12)6-8(10)2/h4-6,11H,3,7,13H2,1-2H3. The topological polar surface area (TPSA) is 35.2 Å². The van der Waals surface area contributed by atoms with Crippen LogP contribution < -0.4 is 5.73 Å². The SMILES string of the molecule is CCOCC(N)c1ccc(Br)cc1C. The van der Waals surface area contributed by atoms with Gasteiger partial charge in [0.05, 0.1) is 12.6 Å². The molecule has 0 radical (unpaired) electrons. The Bertz CT molecular complexity index is 301. The van der Waals surface area contributed by atoms with Crippen molar-refractivity contribution in [3.63, 3.8) is 0 Å². The Morgan fingerprint density at radius 1 is 1.50 bits per heavy atom. The average Bonchev–Trinajstić information content (AvgIpc) is 2.14. The highest BCUT2D eigenvalue weighted by atomic mass is 79.9. The highest BCUT2D eigenvalue weighted by Crippen LogP contribution is 2.20. The van der Waals surface area contributed by atoms with E-state index in [1.807, 2.05) is 19.1 Å². The summed E-state index contributed by atoms with van der Waals surface area (Å²) in [5, 5.41) is 0. The lowest BCUT2D eigenvalue weighted by atomic mass is 10.0. The molecule has 3 heteroatoms. The third-order valence-corrected chi connectivity index (χ3v) is 2.63. The molecule has 0 fully saturated rings. The quantitative estimate of drug-likeness (QED) is 0.901. The number of rotatable bonds is 4. The van der Waals surface area contributed by atoms with Gasteiger partial charge in [-0.1, -0.05) is 22.0 Å². The van der Waals surface area contributed by atoms with Crippen molar-refractivity contribution in [3.8, 4) is 0 Å². The smallest absolute Gasteiger partial charge is 0.0659 e. The molecule has 0 spiro atoms. The maximum atomic E-state index is 5.99. The number of nitrogens with two attached hydrogens (primary N) is 1. The number of aryl methyl sites for hydroxylation is 1. The van der Waals surface area contributed by atoms with E-state index in [1.54, 1.807) is 0 Å². The van der Waals surface area contributed by atoms with Crippen LogP contribution in [0.15, 0.2) is 22.7 Å². The highest BCUT2D eigenvalue weighted by molar-refractivity contribution is 9.10. The first kappa shape index (κ1) is 11.7. The number of halogens is 1. The summed E-state index contributed by atoms with van der Waals surface area (Å²) in [6, 6.07) is 6.10. The van der Waals surface area contributed by atoms with Gasteiger partial charge in [-0.05, 0) is 37.1 Å². The molecule has 0 bridgehead atoms. The Labute approximate surface area is 93.6 Å². The fourth-order valence-corrected chi connectivity index (χ4v) is 1.87. The molecule has 78 valence electrons. The van der Waals surface area contributed by atoms with Gasteiger partial charge < -0.3 is 10.5 Å². The lowest BCUT2D eigenvalue weighted by Gasteiger charge is -2.14. The summed E-state index contributed by atoms with van der Waals surface area (Å²) in [4.78, 5) is 0. The summed E-state index contributed by atoms with van der Waals surface area (Å²) in [7, 11) is 0. The minimum atomic E-state index is -0.0250. The van der Waals surface area contributed by atoms with Gasteiger partial charge in [-0.15, -0.1) is 0 Å². The number of hydrogen-bond acceptors (Lipinski definition) is 2. The molecule has 1 unspecified atom stereocenters. The van der Waals surface area contributed by atoms with Gasteiger partial charge in [0, 0.05) is 11.1 Å². The molecule has 0 aliphatic heterocycles. The van der Waals surface area contributed by atoms with Crippen LogP contribution in [0.1, 0.15) is 24.1 Å². The molecule has 1 rings (SSSR count). The third kappa shape index (κ3) is 3.08. The summed E-state index contributed by atoms with van der Waals surface area (Å²) < 4.78 is 6.38. The Morgan fingerprint density at radius 3 is 2.79 bits per heavy atom. The second kappa shape index (κ2) is 5.49. The first-order valence-electron chi connectivity index (χ1n) is 4.74. The second-order valence-electron chi connectivity index (χ2n) is 3.27. The van der Waals surface area contributed by atoms with E-state index in [4.69, 9.17) is 10.5 Å². The summed E-state index contributed by atoms with van der Waals surface area (Å²) in [5.41, 5.74) is 8.35. The first-order chi connectivity index (χ1) is 6.65.